The molecule has 1 aliphatic rings. The highest BCUT2D eigenvalue weighted by Gasteiger charge is 2.26. The number of furan rings is 1. The first-order valence-corrected chi connectivity index (χ1v) is 10.7. The van der Waals surface area contributed by atoms with Crippen LogP contribution in [0.4, 0.5) is 5.00 Å². The number of carbonyl (C=O) groups is 3. The largest absolute Gasteiger partial charge is 0.462 e. The minimum atomic E-state index is -0.561. The molecule has 156 valence electrons. The molecule has 1 N–H and O–H groups in total. The van der Waals surface area contributed by atoms with Crippen molar-refractivity contribution in [3.63, 3.8) is 0 Å². The average Bonchev–Trinajstić information content (AvgIpc) is 3.27. The lowest BCUT2D eigenvalue weighted by Crippen LogP contribution is -2.28. The topological polar surface area (TPSA) is 88.8 Å². The van der Waals surface area contributed by atoms with E-state index >= 15 is 0 Å². The van der Waals surface area contributed by atoms with Crippen LogP contribution in [0.15, 0.2) is 16.5 Å². The first kappa shape index (κ1) is 21.3. The van der Waals surface area contributed by atoms with Crippen molar-refractivity contribution in [3.8, 4) is 0 Å². The molecular weight excluding hydrogens is 392 g/mol. The van der Waals surface area contributed by atoms with Gasteiger partial charge in [0.2, 0.25) is 0 Å². The molecule has 0 spiro atoms. The zero-order chi connectivity index (χ0) is 21.0. The summed E-state index contributed by atoms with van der Waals surface area (Å²) in [5, 5.41) is 3.01. The smallest absolute Gasteiger partial charge is 0.341 e. The van der Waals surface area contributed by atoms with Gasteiger partial charge in [0.05, 0.1) is 23.6 Å². The molecule has 1 saturated heterocycles. The third-order valence-corrected chi connectivity index (χ3v) is 6.19. The Morgan fingerprint density at radius 2 is 1.93 bits per heavy atom. The van der Waals surface area contributed by atoms with Crippen molar-refractivity contribution in [1.82, 2.24) is 4.90 Å². The number of hydrogen-bond donors (Lipinski definition) is 1. The Morgan fingerprint density at radius 1 is 1.21 bits per heavy atom. The van der Waals surface area contributed by atoms with Crippen LogP contribution in [0.1, 0.15) is 75.0 Å². The number of hydrogen-bond acceptors (Lipinski definition) is 7. The maximum Gasteiger partial charge on any atom is 0.341 e. The van der Waals surface area contributed by atoms with Gasteiger partial charge in [-0.15, -0.1) is 11.3 Å². The summed E-state index contributed by atoms with van der Waals surface area (Å²) < 4.78 is 10.8. The zero-order valence-electron chi connectivity index (χ0n) is 17.0. The van der Waals surface area contributed by atoms with E-state index in [1.54, 1.807) is 26.0 Å². The third kappa shape index (κ3) is 4.94. The number of thiophene rings is 1. The Hall–Kier alpha value is -2.45. The number of likely N-dealkylation sites (tertiary alicyclic amines) is 1. The number of amides is 1. The standard InChI is InChI=1S/C21H26N2O5S/c1-4-27-21(26)17-13(2)18(14(3)24)29-20(17)22-19(25)16-9-8-15(28-16)12-23-10-6-5-7-11-23/h8-9H,4-7,10-12H2,1-3H3,(H,22,25). The van der Waals surface area contributed by atoms with Crippen molar-refractivity contribution in [1.29, 1.82) is 0 Å². The molecular formula is C21H26N2O5S. The van der Waals surface area contributed by atoms with Crippen LogP contribution in [0.2, 0.25) is 0 Å². The first-order chi connectivity index (χ1) is 13.9. The molecule has 1 amide bonds. The summed E-state index contributed by atoms with van der Waals surface area (Å²) in [7, 11) is 0. The summed E-state index contributed by atoms with van der Waals surface area (Å²) in [5.74, 6) is -0.289. The van der Waals surface area contributed by atoms with Gasteiger partial charge in [0.25, 0.3) is 5.91 Å². The van der Waals surface area contributed by atoms with E-state index in [0.717, 1.165) is 30.2 Å². The van der Waals surface area contributed by atoms with Gasteiger partial charge in [-0.3, -0.25) is 14.5 Å². The van der Waals surface area contributed by atoms with Gasteiger partial charge < -0.3 is 14.5 Å². The highest BCUT2D eigenvalue weighted by atomic mass is 32.1. The van der Waals surface area contributed by atoms with Gasteiger partial charge in [0.1, 0.15) is 10.8 Å². The van der Waals surface area contributed by atoms with E-state index in [1.807, 2.05) is 0 Å². The predicted molar refractivity (Wildman–Crippen MR) is 111 cm³/mol. The van der Waals surface area contributed by atoms with Crippen molar-refractivity contribution in [2.75, 3.05) is 25.0 Å². The molecule has 0 saturated carbocycles. The maximum atomic E-state index is 12.7. The second-order valence-corrected chi connectivity index (χ2v) is 8.11. The van der Waals surface area contributed by atoms with Crippen molar-refractivity contribution in [2.45, 2.75) is 46.6 Å². The molecule has 7 nitrogen and oxygen atoms in total. The maximum absolute atomic E-state index is 12.7. The lowest BCUT2D eigenvalue weighted by molar-refractivity contribution is 0.0527. The minimum Gasteiger partial charge on any atom is -0.462 e. The van der Waals surface area contributed by atoms with E-state index in [1.165, 1.54) is 26.2 Å². The highest BCUT2D eigenvalue weighted by molar-refractivity contribution is 7.18. The van der Waals surface area contributed by atoms with Gasteiger partial charge in [0, 0.05) is 0 Å². The fourth-order valence-corrected chi connectivity index (χ4v) is 4.56. The number of carbonyl (C=O) groups excluding carboxylic acids is 3. The van der Waals surface area contributed by atoms with E-state index in [2.05, 4.69) is 10.2 Å². The minimum absolute atomic E-state index is 0.166. The van der Waals surface area contributed by atoms with Gasteiger partial charge in [0.15, 0.2) is 11.5 Å². The lowest BCUT2D eigenvalue weighted by Gasteiger charge is -2.25. The average molecular weight is 419 g/mol. The molecule has 0 bridgehead atoms. The molecule has 3 rings (SSSR count). The predicted octanol–water partition coefficient (Wildman–Crippen LogP) is 4.27. The number of ether oxygens (including phenoxy) is 1. The molecule has 0 aliphatic carbocycles. The molecule has 0 unspecified atom stereocenters. The van der Waals surface area contributed by atoms with Crippen LogP contribution in [0.25, 0.3) is 0 Å². The molecule has 1 fully saturated rings. The molecule has 2 aromatic heterocycles. The number of nitrogens with zero attached hydrogens (tertiary/aromatic N) is 1. The van der Waals surface area contributed by atoms with Crippen LogP contribution >= 0.6 is 11.3 Å². The summed E-state index contributed by atoms with van der Waals surface area (Å²) in [5.41, 5.74) is 0.733. The summed E-state index contributed by atoms with van der Waals surface area (Å²) in [4.78, 5) is 39.7. The van der Waals surface area contributed by atoms with Gasteiger partial charge in [-0.2, -0.15) is 0 Å². The van der Waals surface area contributed by atoms with Gasteiger partial charge in [-0.25, -0.2) is 4.79 Å². The zero-order valence-corrected chi connectivity index (χ0v) is 17.8. The van der Waals surface area contributed by atoms with Crippen LogP contribution in [-0.2, 0) is 11.3 Å². The molecule has 1 aliphatic heterocycles. The van der Waals surface area contributed by atoms with Crippen molar-refractivity contribution < 1.29 is 23.5 Å². The molecule has 2 aromatic rings. The lowest BCUT2D eigenvalue weighted by atomic mass is 10.1. The number of esters is 1. The number of rotatable bonds is 7. The van der Waals surface area contributed by atoms with Crippen LogP contribution in [-0.4, -0.2) is 42.3 Å². The summed E-state index contributed by atoms with van der Waals surface area (Å²) >= 11 is 1.07. The van der Waals surface area contributed by atoms with Gasteiger partial charge in [-0.05, 0) is 64.4 Å². The number of piperidine rings is 1. The van der Waals surface area contributed by atoms with Crippen LogP contribution in [0.5, 0.6) is 0 Å². The Labute approximate surface area is 174 Å². The van der Waals surface area contributed by atoms with Gasteiger partial charge in [-0.1, -0.05) is 6.42 Å². The second kappa shape index (κ2) is 9.37. The highest BCUT2D eigenvalue weighted by Crippen LogP contribution is 2.34. The van der Waals surface area contributed by atoms with E-state index in [-0.39, 0.29) is 23.7 Å². The van der Waals surface area contributed by atoms with E-state index in [9.17, 15) is 14.4 Å². The number of nitrogens with one attached hydrogen (secondary N) is 1. The molecule has 0 atom stereocenters. The molecule has 0 radical (unpaired) electrons. The monoisotopic (exact) mass is 418 g/mol. The number of ketones is 1. The van der Waals surface area contributed by atoms with E-state index in [4.69, 9.17) is 9.15 Å². The Bertz CT molecular complexity index is 908. The molecule has 8 heteroatoms. The fourth-order valence-electron chi connectivity index (χ4n) is 3.47. The summed E-state index contributed by atoms with van der Waals surface area (Å²) in [6.07, 6.45) is 3.62. The molecule has 29 heavy (non-hydrogen) atoms. The van der Waals surface area contributed by atoms with Crippen molar-refractivity contribution >= 4 is 34.0 Å². The summed E-state index contributed by atoms with van der Waals surface area (Å²) in [6, 6.07) is 3.43. The summed E-state index contributed by atoms with van der Waals surface area (Å²) in [6.45, 7) is 7.76. The molecule has 3 heterocycles. The Balaban J connectivity index is 1.77. The van der Waals surface area contributed by atoms with Gasteiger partial charge >= 0.3 is 5.97 Å². The van der Waals surface area contributed by atoms with Crippen LogP contribution in [0, 0.1) is 6.92 Å². The Kier molecular flexibility index (Phi) is 6.87. The second-order valence-electron chi connectivity index (χ2n) is 7.09. The number of anilines is 1. The van der Waals surface area contributed by atoms with Crippen LogP contribution in [0.3, 0.4) is 0 Å². The number of Topliss-reactive ketones (excluding diaryl/α,β-unsaturated/α-hetero) is 1. The van der Waals surface area contributed by atoms with Crippen LogP contribution < -0.4 is 5.32 Å². The van der Waals surface area contributed by atoms with E-state index in [0.29, 0.717) is 22.0 Å². The normalized spacial score (nSPS) is 14.6. The van der Waals surface area contributed by atoms with E-state index < -0.39 is 11.9 Å². The SMILES string of the molecule is CCOC(=O)c1c(NC(=O)c2ccc(CN3CCCCC3)o2)sc(C(C)=O)c1C. The Morgan fingerprint density at radius 3 is 2.59 bits per heavy atom. The quantitative estimate of drug-likeness (QED) is 0.534. The fraction of sp³-hybridized carbons (Fsp3) is 0.476. The molecule has 0 aromatic carbocycles. The van der Waals surface area contributed by atoms with Crippen molar-refractivity contribution in [2.24, 2.45) is 0 Å². The third-order valence-electron chi connectivity index (χ3n) is 4.89. The van der Waals surface area contributed by atoms with Crippen molar-refractivity contribution in [3.05, 3.63) is 39.7 Å². The first-order valence-electron chi connectivity index (χ1n) is 9.84.